The minimum Gasteiger partial charge on any atom is -0.508 e. The van der Waals surface area contributed by atoms with E-state index in [4.69, 9.17) is 4.74 Å². The summed E-state index contributed by atoms with van der Waals surface area (Å²) in [5.74, 6) is 0.164. The topological polar surface area (TPSA) is 102 Å². The van der Waals surface area contributed by atoms with Crippen LogP contribution in [-0.4, -0.2) is 37.4 Å². The Kier molecular flexibility index (Phi) is 3.73. The maximum atomic E-state index is 12.5. The van der Waals surface area contributed by atoms with Gasteiger partial charge in [0.05, 0.1) is 11.7 Å². The van der Waals surface area contributed by atoms with E-state index in [1.54, 1.807) is 45.0 Å². The van der Waals surface area contributed by atoms with Crippen LogP contribution in [0.15, 0.2) is 35.5 Å². The van der Waals surface area contributed by atoms with Crippen LogP contribution in [0.2, 0.25) is 0 Å². The number of nitrogens with zero attached hydrogens (tertiary/aromatic N) is 4. The second-order valence-corrected chi connectivity index (χ2v) is 5.56. The first-order valence-corrected chi connectivity index (χ1v) is 7.23. The average molecular weight is 315 g/mol. The normalized spacial score (nSPS) is 17.0. The number of fused-ring (bicyclic) bond motifs is 1. The van der Waals surface area contributed by atoms with Gasteiger partial charge >= 0.3 is 5.97 Å². The minimum atomic E-state index is -0.520. The quantitative estimate of drug-likeness (QED) is 0.830. The molecule has 2 aromatic rings. The second kappa shape index (κ2) is 5.71. The number of allylic oxidation sites excluding steroid dienone is 1. The first kappa shape index (κ1) is 15.0. The molecule has 120 valence electrons. The number of tetrazole rings is 1. The molecule has 0 spiro atoms. The predicted octanol–water partition coefficient (Wildman–Crippen LogP) is 1.62. The summed E-state index contributed by atoms with van der Waals surface area (Å²) in [4.78, 5) is 12.5. The number of carbonyl (C=O) groups is 1. The Morgan fingerprint density at radius 2 is 2.04 bits per heavy atom. The van der Waals surface area contributed by atoms with E-state index in [1.807, 2.05) is 0 Å². The Hall–Kier alpha value is -2.90. The number of esters is 1. The molecular formula is C15H17N5O3. The van der Waals surface area contributed by atoms with Crippen LogP contribution in [0.25, 0.3) is 0 Å². The molecular weight excluding hydrogens is 298 g/mol. The Balaban J connectivity index is 2.10. The van der Waals surface area contributed by atoms with Crippen molar-refractivity contribution in [1.29, 1.82) is 0 Å². The van der Waals surface area contributed by atoms with E-state index in [1.165, 1.54) is 4.68 Å². The third-order valence-electron chi connectivity index (χ3n) is 3.49. The Morgan fingerprint density at radius 1 is 1.35 bits per heavy atom. The number of aromatic hydroxyl groups is 1. The van der Waals surface area contributed by atoms with Crippen molar-refractivity contribution in [2.45, 2.75) is 32.9 Å². The van der Waals surface area contributed by atoms with Gasteiger partial charge in [0.2, 0.25) is 5.95 Å². The number of phenols is 1. The van der Waals surface area contributed by atoms with Gasteiger partial charge in [-0.2, -0.15) is 4.68 Å². The summed E-state index contributed by atoms with van der Waals surface area (Å²) < 4.78 is 6.88. The SMILES string of the molecule is CC1=C(C(=O)OC(C)C)[C@H](c2ccc(O)cc2)n2nnnc2N1. The van der Waals surface area contributed by atoms with E-state index >= 15 is 0 Å². The number of rotatable bonds is 3. The molecule has 2 heterocycles. The van der Waals surface area contributed by atoms with E-state index in [0.29, 0.717) is 17.2 Å². The molecule has 0 aliphatic carbocycles. The molecule has 0 fully saturated rings. The highest BCUT2D eigenvalue weighted by atomic mass is 16.5. The molecule has 1 atom stereocenters. The van der Waals surface area contributed by atoms with E-state index in [-0.39, 0.29) is 11.9 Å². The number of benzene rings is 1. The zero-order valence-electron chi connectivity index (χ0n) is 13.0. The molecule has 0 bridgehead atoms. The van der Waals surface area contributed by atoms with E-state index < -0.39 is 12.0 Å². The van der Waals surface area contributed by atoms with Gasteiger partial charge in [-0.3, -0.25) is 0 Å². The molecule has 0 unspecified atom stereocenters. The van der Waals surface area contributed by atoms with Crippen molar-refractivity contribution in [2.24, 2.45) is 0 Å². The Bertz CT molecular complexity index is 764. The van der Waals surface area contributed by atoms with Crippen molar-refractivity contribution < 1.29 is 14.6 Å². The monoisotopic (exact) mass is 315 g/mol. The fourth-order valence-electron chi connectivity index (χ4n) is 2.52. The van der Waals surface area contributed by atoms with Gasteiger partial charge in [0, 0.05) is 5.70 Å². The Morgan fingerprint density at radius 3 is 2.70 bits per heavy atom. The summed E-state index contributed by atoms with van der Waals surface area (Å²) in [6.07, 6.45) is -0.237. The smallest absolute Gasteiger partial charge is 0.338 e. The minimum absolute atomic E-state index is 0.145. The third-order valence-corrected chi connectivity index (χ3v) is 3.49. The van der Waals surface area contributed by atoms with Crippen LogP contribution < -0.4 is 5.32 Å². The Labute approximate surface area is 132 Å². The van der Waals surface area contributed by atoms with E-state index in [9.17, 15) is 9.90 Å². The number of phenolic OH excluding ortho intramolecular Hbond substituents is 1. The van der Waals surface area contributed by atoms with Crippen LogP contribution in [-0.2, 0) is 9.53 Å². The number of aromatic nitrogens is 4. The van der Waals surface area contributed by atoms with Crippen LogP contribution in [0, 0.1) is 0 Å². The number of hydrogen-bond acceptors (Lipinski definition) is 7. The lowest BCUT2D eigenvalue weighted by Gasteiger charge is -2.27. The van der Waals surface area contributed by atoms with Crippen LogP contribution in [0.1, 0.15) is 32.4 Å². The average Bonchev–Trinajstić information content (AvgIpc) is 2.93. The third kappa shape index (κ3) is 2.75. The number of carbonyl (C=O) groups excluding carboxylic acids is 1. The molecule has 3 rings (SSSR count). The van der Waals surface area contributed by atoms with Gasteiger partial charge in [-0.1, -0.05) is 17.2 Å². The fourth-order valence-corrected chi connectivity index (χ4v) is 2.52. The maximum Gasteiger partial charge on any atom is 0.338 e. The lowest BCUT2D eigenvalue weighted by molar-refractivity contribution is -0.143. The van der Waals surface area contributed by atoms with Gasteiger partial charge in [0.15, 0.2) is 0 Å². The van der Waals surface area contributed by atoms with Crippen LogP contribution in [0.3, 0.4) is 0 Å². The molecule has 0 saturated carbocycles. The maximum absolute atomic E-state index is 12.5. The van der Waals surface area contributed by atoms with Gasteiger partial charge in [-0.25, -0.2) is 4.79 Å². The summed E-state index contributed by atoms with van der Waals surface area (Å²) in [7, 11) is 0. The number of nitrogens with one attached hydrogen (secondary N) is 1. The van der Waals surface area contributed by atoms with Crippen molar-refractivity contribution in [2.75, 3.05) is 5.32 Å². The highest BCUT2D eigenvalue weighted by Crippen LogP contribution is 2.35. The second-order valence-electron chi connectivity index (χ2n) is 5.56. The summed E-state index contributed by atoms with van der Waals surface area (Å²) in [6, 6.07) is 6.05. The van der Waals surface area contributed by atoms with Crippen LogP contribution in [0.5, 0.6) is 5.75 Å². The molecule has 2 N–H and O–H groups in total. The molecule has 1 aromatic heterocycles. The first-order chi connectivity index (χ1) is 11.0. The molecule has 0 amide bonds. The molecule has 0 radical (unpaired) electrons. The molecule has 8 nitrogen and oxygen atoms in total. The zero-order chi connectivity index (χ0) is 16.6. The highest BCUT2D eigenvalue weighted by molar-refractivity contribution is 5.92. The molecule has 8 heteroatoms. The lowest BCUT2D eigenvalue weighted by Crippen LogP contribution is -2.30. The number of hydrogen-bond donors (Lipinski definition) is 2. The molecule has 1 aliphatic rings. The number of ether oxygens (including phenoxy) is 1. The van der Waals surface area contributed by atoms with Crippen molar-refractivity contribution in [3.8, 4) is 5.75 Å². The summed E-state index contributed by atoms with van der Waals surface area (Å²) >= 11 is 0. The van der Waals surface area contributed by atoms with Gasteiger partial charge in [-0.05, 0) is 48.9 Å². The van der Waals surface area contributed by atoms with Crippen LogP contribution in [0.4, 0.5) is 5.95 Å². The predicted molar refractivity (Wildman–Crippen MR) is 81.6 cm³/mol. The van der Waals surface area contributed by atoms with Gasteiger partial charge in [0.1, 0.15) is 11.8 Å². The van der Waals surface area contributed by atoms with Crippen LogP contribution >= 0.6 is 0 Å². The van der Waals surface area contributed by atoms with Gasteiger partial charge in [-0.15, -0.1) is 0 Å². The first-order valence-electron chi connectivity index (χ1n) is 7.23. The fraction of sp³-hybridized carbons (Fsp3) is 0.333. The van der Waals surface area contributed by atoms with E-state index in [2.05, 4.69) is 20.8 Å². The largest absolute Gasteiger partial charge is 0.508 e. The molecule has 1 aliphatic heterocycles. The zero-order valence-corrected chi connectivity index (χ0v) is 13.0. The molecule has 0 saturated heterocycles. The van der Waals surface area contributed by atoms with Crippen molar-refractivity contribution >= 4 is 11.9 Å². The van der Waals surface area contributed by atoms with Gasteiger partial charge < -0.3 is 15.2 Å². The molecule has 1 aromatic carbocycles. The number of anilines is 1. The van der Waals surface area contributed by atoms with Crippen molar-refractivity contribution in [3.63, 3.8) is 0 Å². The highest BCUT2D eigenvalue weighted by Gasteiger charge is 2.35. The summed E-state index contributed by atoms with van der Waals surface area (Å²) in [5.41, 5.74) is 1.84. The standard InChI is InChI=1S/C15H17N5O3/c1-8(2)23-14(22)12-9(3)16-15-17-18-19-20(15)13(12)10-4-6-11(21)7-5-10/h4-8,13,21H,1-3H3,(H,16,17,19)/t13-/m0/s1. The molecule has 23 heavy (non-hydrogen) atoms. The van der Waals surface area contributed by atoms with Gasteiger partial charge in [0.25, 0.3) is 0 Å². The van der Waals surface area contributed by atoms with E-state index in [0.717, 1.165) is 5.56 Å². The van der Waals surface area contributed by atoms with Crippen molar-refractivity contribution in [3.05, 3.63) is 41.1 Å². The van der Waals surface area contributed by atoms with Crippen molar-refractivity contribution in [1.82, 2.24) is 20.2 Å². The summed E-state index contributed by atoms with van der Waals surface area (Å²) in [6.45, 7) is 5.37. The summed E-state index contributed by atoms with van der Waals surface area (Å²) in [5, 5.41) is 24.0. The lowest BCUT2D eigenvalue weighted by atomic mass is 9.95.